The molecule has 0 atom stereocenters. The normalized spacial score (nSPS) is 11.4. The molecule has 7 heteroatoms. The first-order chi connectivity index (χ1) is 22.4. The van der Waals surface area contributed by atoms with E-state index in [4.69, 9.17) is 11.6 Å². The number of nitrogens with one attached hydrogen (secondary N) is 1. The number of aliphatic imine (C=N–C) groups is 1. The topological polar surface area (TPSA) is 75.9 Å². The van der Waals surface area contributed by atoms with Gasteiger partial charge in [-0.05, 0) is 62.3 Å². The Kier molecular flexibility index (Phi) is 19.6. The fourth-order valence-electron chi connectivity index (χ4n) is 4.54. The molecule has 6 nitrogen and oxygen atoms in total. The molecule has 0 aliphatic rings. The average molecular weight is 658 g/mol. The minimum atomic E-state index is 0.146. The van der Waals surface area contributed by atoms with Crippen LogP contribution >= 0.6 is 11.6 Å². The van der Waals surface area contributed by atoms with Crippen LogP contribution in [0.25, 0.3) is 10.9 Å². The third-order valence-electron chi connectivity index (χ3n) is 7.36. The Morgan fingerprint density at radius 3 is 2.30 bits per heavy atom. The Morgan fingerprint density at radius 2 is 1.74 bits per heavy atom. The lowest BCUT2D eigenvalue weighted by Gasteiger charge is -2.07. The molecule has 0 aliphatic heterocycles. The van der Waals surface area contributed by atoms with Gasteiger partial charge in [0.2, 0.25) is 0 Å². The molecule has 0 amide bonds. The lowest BCUT2D eigenvalue weighted by molar-refractivity contribution is 0.0988. The molecule has 0 bridgehead atoms. The van der Waals surface area contributed by atoms with E-state index < -0.39 is 0 Å². The molecular weight excluding hydrogens is 602 g/mol. The molecule has 2 aromatic carbocycles. The highest BCUT2D eigenvalue weighted by molar-refractivity contribution is 6.36. The molecule has 0 spiro atoms. The first-order valence-electron chi connectivity index (χ1n) is 16.5. The zero-order chi connectivity index (χ0) is 35.4. The van der Waals surface area contributed by atoms with E-state index in [2.05, 4.69) is 98.8 Å². The molecule has 254 valence electrons. The van der Waals surface area contributed by atoms with Crippen LogP contribution in [0.15, 0.2) is 95.9 Å². The van der Waals surface area contributed by atoms with Crippen molar-refractivity contribution in [3.8, 4) is 0 Å². The zero-order valence-electron chi connectivity index (χ0n) is 30.3. The van der Waals surface area contributed by atoms with Crippen LogP contribution in [0.4, 0.5) is 0 Å². The summed E-state index contributed by atoms with van der Waals surface area (Å²) in [5.74, 6) is 0.597. The van der Waals surface area contributed by atoms with Gasteiger partial charge in [-0.1, -0.05) is 125 Å². The monoisotopic (exact) mass is 657 g/mol. The predicted octanol–water partition coefficient (Wildman–Crippen LogP) is 11.4. The summed E-state index contributed by atoms with van der Waals surface area (Å²) in [5, 5.41) is 12.6. The number of benzene rings is 2. The van der Waals surface area contributed by atoms with E-state index in [1.807, 2.05) is 45.2 Å². The first-order valence-corrected chi connectivity index (χ1v) is 16.9. The number of allylic oxidation sites excluding steroid dienone is 5. The van der Waals surface area contributed by atoms with E-state index >= 15 is 0 Å². The van der Waals surface area contributed by atoms with Gasteiger partial charge in [0.25, 0.3) is 0 Å². The molecule has 0 saturated carbocycles. The van der Waals surface area contributed by atoms with Crippen molar-refractivity contribution >= 4 is 34.0 Å². The van der Waals surface area contributed by atoms with Crippen molar-refractivity contribution in [2.24, 2.45) is 12.0 Å². The van der Waals surface area contributed by atoms with E-state index in [1.54, 1.807) is 30.3 Å². The number of Topliss-reactive ketones (excluding diaryl/α,β-unsaturated/α-hetero) is 1. The second-order valence-corrected chi connectivity index (χ2v) is 12.2. The number of fused-ring (bicyclic) bond motifs is 1. The second-order valence-electron chi connectivity index (χ2n) is 11.8. The lowest BCUT2D eigenvalue weighted by atomic mass is 10.0. The molecule has 0 fully saturated rings. The number of aromatic nitrogens is 4. The largest absolute Gasteiger partial charge is 0.294 e. The second kappa shape index (κ2) is 22.5. The van der Waals surface area contributed by atoms with E-state index in [0.717, 1.165) is 28.1 Å². The van der Waals surface area contributed by atoms with Crippen molar-refractivity contribution in [3.63, 3.8) is 0 Å². The highest BCUT2D eigenvalue weighted by atomic mass is 35.5. The highest BCUT2D eigenvalue weighted by Gasteiger charge is 2.09. The summed E-state index contributed by atoms with van der Waals surface area (Å²) in [7, 11) is 3.62. The summed E-state index contributed by atoms with van der Waals surface area (Å²) in [4.78, 5) is 15.1. The van der Waals surface area contributed by atoms with Crippen molar-refractivity contribution < 1.29 is 4.79 Å². The molecule has 47 heavy (non-hydrogen) atoms. The number of hydrogen-bond donors (Lipinski definition) is 1. The fraction of sp³-hybridized carbons (Fsp3) is 0.400. The third kappa shape index (κ3) is 15.0. The van der Waals surface area contributed by atoms with Gasteiger partial charge in [0.1, 0.15) is 0 Å². The maximum Gasteiger partial charge on any atom is 0.165 e. The molecule has 1 N–H and O–H groups in total. The number of carbonyl (C=O) groups excluding carboxylic acids is 1. The van der Waals surface area contributed by atoms with E-state index in [0.29, 0.717) is 17.9 Å². The standard InChI is InChI=1S/C13H22.C10H11ClN2.C10H13N.C7H10N2O/c1-5-8-12(3)10-7-11-13(4)9-6-2;1-6(2)7-3-4-9-8(10(7)11)5-12-13-9;1-8-6-4-5-7-10(8)9(2)11-3;1-3-7(10)6-4-8-9(2)5-6/h7,10-11H,3,5-6,8-9H2,1-2,4H3;3-6H,1-2H3,(H,12,13);4-7H,1-3H3;4-5H,3H2,1-2H3/b10-7-,13-11-;;;. The number of carbonyl (C=O) groups is 1. The molecular formula is C40H56ClN5O. The van der Waals surface area contributed by atoms with Crippen molar-refractivity contribution in [3.05, 3.63) is 118 Å². The maximum absolute atomic E-state index is 11.0. The summed E-state index contributed by atoms with van der Waals surface area (Å²) >= 11 is 6.22. The van der Waals surface area contributed by atoms with E-state index in [9.17, 15) is 4.79 Å². The number of rotatable bonds is 10. The number of nitrogens with zero attached hydrogens (tertiary/aromatic N) is 4. The van der Waals surface area contributed by atoms with E-state index in [1.165, 1.54) is 47.1 Å². The smallest absolute Gasteiger partial charge is 0.165 e. The van der Waals surface area contributed by atoms with Gasteiger partial charge in [-0.25, -0.2) is 0 Å². The number of H-pyrrole nitrogens is 1. The molecule has 2 aromatic heterocycles. The first kappa shape index (κ1) is 41.0. The van der Waals surface area contributed by atoms with Gasteiger partial charge in [0, 0.05) is 37.8 Å². The Bertz CT molecular complexity index is 1620. The lowest BCUT2D eigenvalue weighted by Crippen LogP contribution is -1.96. The molecule has 0 saturated heterocycles. The number of halogens is 1. The molecule has 0 aliphatic carbocycles. The van der Waals surface area contributed by atoms with Crippen molar-refractivity contribution in [1.82, 2.24) is 20.0 Å². The number of hydrogen-bond acceptors (Lipinski definition) is 4. The third-order valence-corrected chi connectivity index (χ3v) is 7.78. The van der Waals surface area contributed by atoms with Crippen LogP contribution in [0.5, 0.6) is 0 Å². The molecule has 0 unspecified atom stereocenters. The van der Waals surface area contributed by atoms with Crippen LogP contribution in [0.1, 0.15) is 114 Å². The predicted molar refractivity (Wildman–Crippen MR) is 204 cm³/mol. The number of aryl methyl sites for hydroxylation is 2. The Labute approximate surface area is 288 Å². The molecule has 4 aromatic rings. The van der Waals surface area contributed by atoms with Crippen LogP contribution in [-0.2, 0) is 7.05 Å². The van der Waals surface area contributed by atoms with Gasteiger partial charge in [-0.15, -0.1) is 0 Å². The van der Waals surface area contributed by atoms with Crippen molar-refractivity contribution in [1.29, 1.82) is 0 Å². The summed E-state index contributed by atoms with van der Waals surface area (Å²) in [6.45, 7) is 20.8. The van der Waals surface area contributed by atoms with Gasteiger partial charge in [0.15, 0.2) is 5.78 Å². The van der Waals surface area contributed by atoms with Crippen molar-refractivity contribution in [2.75, 3.05) is 7.05 Å². The summed E-state index contributed by atoms with van der Waals surface area (Å²) in [6, 6.07) is 12.3. The molecule has 4 rings (SSSR count). The van der Waals surface area contributed by atoms with Crippen LogP contribution < -0.4 is 0 Å². The number of ketones is 1. The van der Waals surface area contributed by atoms with Crippen molar-refractivity contribution in [2.45, 2.75) is 93.4 Å². The summed E-state index contributed by atoms with van der Waals surface area (Å²) in [5.41, 5.74) is 9.18. The summed E-state index contributed by atoms with van der Waals surface area (Å²) in [6.07, 6.45) is 16.8. The van der Waals surface area contributed by atoms with E-state index in [-0.39, 0.29) is 5.78 Å². The highest BCUT2D eigenvalue weighted by Crippen LogP contribution is 2.30. The zero-order valence-corrected chi connectivity index (χ0v) is 31.1. The Balaban J connectivity index is 0.000000315. The maximum atomic E-state index is 11.0. The SMILES string of the molecule is C=C(/C=C\C=C(\C)CCC)CCC.CC(C)c1ccc2[nH]ncc2c1Cl.CCC(=O)c1cnn(C)c1.CN=C(C)c1ccccc1C. The molecule has 0 radical (unpaired) electrons. The Hall–Kier alpha value is -4.03. The Morgan fingerprint density at radius 1 is 1.06 bits per heavy atom. The summed E-state index contributed by atoms with van der Waals surface area (Å²) < 4.78 is 1.63. The van der Waals surface area contributed by atoms with Crippen LogP contribution in [0.3, 0.4) is 0 Å². The quantitative estimate of drug-likeness (QED) is 0.105. The van der Waals surface area contributed by atoms with Gasteiger partial charge >= 0.3 is 0 Å². The minimum Gasteiger partial charge on any atom is -0.294 e. The van der Waals surface area contributed by atoms with Gasteiger partial charge in [-0.2, -0.15) is 10.2 Å². The van der Waals surface area contributed by atoms with Gasteiger partial charge in [-0.3, -0.25) is 19.6 Å². The minimum absolute atomic E-state index is 0.146. The van der Waals surface area contributed by atoms with Gasteiger partial charge in [0.05, 0.1) is 28.5 Å². The number of aromatic amines is 1. The van der Waals surface area contributed by atoms with Crippen LogP contribution in [0.2, 0.25) is 5.02 Å². The molecule has 2 heterocycles. The van der Waals surface area contributed by atoms with Crippen LogP contribution in [-0.4, -0.2) is 38.5 Å². The van der Waals surface area contributed by atoms with Gasteiger partial charge < -0.3 is 0 Å². The average Bonchev–Trinajstić information content (AvgIpc) is 3.71. The van der Waals surface area contributed by atoms with Crippen LogP contribution in [0, 0.1) is 6.92 Å². The fourth-order valence-corrected chi connectivity index (χ4v) is 4.98.